The first kappa shape index (κ1) is 27.6. The van der Waals surface area contributed by atoms with Crippen molar-refractivity contribution in [3.05, 3.63) is 88.5 Å². The second-order valence-corrected chi connectivity index (χ2v) is 10.2. The Labute approximate surface area is 228 Å². The normalized spacial score (nSPS) is 16.1. The highest BCUT2D eigenvalue weighted by Crippen LogP contribution is 2.27. The summed E-state index contributed by atoms with van der Waals surface area (Å²) in [6.07, 6.45) is 0.506. The molecule has 10 nitrogen and oxygen atoms in total. The molecule has 2 aliphatic rings. The minimum Gasteiger partial charge on any atom is -0.449 e. The molecule has 3 aromatic carbocycles. The van der Waals surface area contributed by atoms with E-state index in [0.717, 1.165) is 11.1 Å². The zero-order valence-corrected chi connectivity index (χ0v) is 22.5. The van der Waals surface area contributed by atoms with Gasteiger partial charge in [-0.2, -0.15) is 0 Å². The number of nitrogens with two attached hydrogens (primary N) is 1. The minimum atomic E-state index is -2.95. The zero-order chi connectivity index (χ0) is 28.1. The summed E-state index contributed by atoms with van der Waals surface area (Å²) >= 11 is 0. The highest BCUT2D eigenvalue weighted by molar-refractivity contribution is 7.72. The second kappa shape index (κ2) is 12.0. The standard InChI is InChI=1S/C28H30N4O6S/c1-3-17-13-19-8-7-18(17)11-12-38-28(35)31-23-9-10-24(39(36)37)21(15-23)16-32(2)27(34)25(19)30-22-6-4-5-20(14-22)26(29)33/h4-10,13-15,25,30,39H,3,11-12,16H2,1-2H3,(H2,29,33)(H,31,35)/t25-/m1/s1. The fourth-order valence-corrected chi connectivity index (χ4v) is 5.11. The summed E-state index contributed by atoms with van der Waals surface area (Å²) in [6.45, 7) is 2.10. The number of carbonyl (C=O) groups is 3. The molecular formula is C28H30N4O6S. The first-order valence-electron chi connectivity index (χ1n) is 12.4. The Hall–Kier alpha value is -4.38. The van der Waals surface area contributed by atoms with Crippen molar-refractivity contribution in [1.82, 2.24) is 4.90 Å². The quantitative estimate of drug-likeness (QED) is 0.357. The first-order valence-corrected chi connectivity index (χ1v) is 13.6. The Morgan fingerprint density at radius 3 is 2.62 bits per heavy atom. The minimum absolute atomic E-state index is 0.0414. The SMILES string of the molecule is CCc1cc2ccc1CCOC(=O)Nc1ccc([SH](=O)=O)c(c1)CN(C)C(=O)[C@@H]2Nc1cccc(C(N)=O)c1. The van der Waals surface area contributed by atoms with E-state index in [-0.39, 0.29) is 24.0 Å². The lowest BCUT2D eigenvalue weighted by molar-refractivity contribution is -0.131. The molecule has 0 spiro atoms. The number of anilines is 2. The van der Waals surface area contributed by atoms with Gasteiger partial charge in [-0.3, -0.25) is 14.9 Å². The number of benzene rings is 3. The van der Waals surface area contributed by atoms with Crippen molar-refractivity contribution in [2.45, 2.75) is 37.2 Å². The van der Waals surface area contributed by atoms with Crippen LogP contribution in [0.3, 0.4) is 0 Å². The van der Waals surface area contributed by atoms with Crippen LogP contribution in [0.15, 0.2) is 65.6 Å². The van der Waals surface area contributed by atoms with E-state index in [1.165, 1.54) is 23.1 Å². The van der Waals surface area contributed by atoms with Crippen LogP contribution < -0.4 is 16.4 Å². The molecule has 3 amide bonds. The van der Waals surface area contributed by atoms with Crippen molar-refractivity contribution in [1.29, 1.82) is 0 Å². The van der Waals surface area contributed by atoms with E-state index in [4.69, 9.17) is 10.5 Å². The molecule has 2 aliphatic heterocycles. The molecule has 0 aromatic heterocycles. The van der Waals surface area contributed by atoms with Crippen LogP contribution >= 0.6 is 0 Å². The number of hydrogen-bond acceptors (Lipinski definition) is 7. The average Bonchev–Trinajstić information content (AvgIpc) is 2.91. The van der Waals surface area contributed by atoms with Crippen LogP contribution in [0.25, 0.3) is 0 Å². The smallest absolute Gasteiger partial charge is 0.411 e. The van der Waals surface area contributed by atoms with Crippen molar-refractivity contribution in [2.24, 2.45) is 5.73 Å². The predicted molar refractivity (Wildman–Crippen MR) is 147 cm³/mol. The molecule has 0 saturated carbocycles. The lowest BCUT2D eigenvalue weighted by Crippen LogP contribution is -2.35. The van der Waals surface area contributed by atoms with Crippen LogP contribution in [-0.2, 0) is 39.6 Å². The monoisotopic (exact) mass is 550 g/mol. The number of thiol groups is 1. The van der Waals surface area contributed by atoms with Gasteiger partial charge in [0.05, 0.1) is 11.5 Å². The highest BCUT2D eigenvalue weighted by atomic mass is 32.2. The number of ether oxygens (including phenoxy) is 1. The summed E-state index contributed by atoms with van der Waals surface area (Å²) in [5.41, 5.74) is 9.62. The number of rotatable bonds is 5. The van der Waals surface area contributed by atoms with Gasteiger partial charge in [0, 0.05) is 37.0 Å². The maximum atomic E-state index is 13.9. The van der Waals surface area contributed by atoms with E-state index >= 15 is 0 Å². The Morgan fingerprint density at radius 1 is 1.10 bits per heavy atom. The molecule has 5 rings (SSSR count). The molecule has 3 aromatic rings. The number of likely N-dealkylation sites (N-methyl/N-ethyl adjacent to an activating group) is 1. The average molecular weight is 551 g/mol. The van der Waals surface area contributed by atoms with E-state index in [9.17, 15) is 22.8 Å². The summed E-state index contributed by atoms with van der Waals surface area (Å²) in [5, 5.41) is 5.86. The number of fused-ring (bicyclic) bond motifs is 9. The van der Waals surface area contributed by atoms with Crippen LogP contribution in [0.2, 0.25) is 0 Å². The van der Waals surface area contributed by atoms with E-state index < -0.39 is 28.7 Å². The number of primary amides is 1. The third-order valence-corrected chi connectivity index (χ3v) is 7.39. The molecule has 4 N–H and O–H groups in total. The lowest BCUT2D eigenvalue weighted by atomic mass is 9.95. The number of nitrogens with zero attached hydrogens (tertiary/aromatic N) is 1. The maximum absolute atomic E-state index is 13.9. The van der Waals surface area contributed by atoms with Gasteiger partial charge in [-0.15, -0.1) is 0 Å². The molecular weight excluding hydrogens is 520 g/mol. The second-order valence-electron chi connectivity index (χ2n) is 9.21. The summed E-state index contributed by atoms with van der Waals surface area (Å²) in [7, 11) is -1.38. The molecule has 2 heterocycles. The van der Waals surface area contributed by atoms with Gasteiger partial charge in [-0.25, -0.2) is 13.2 Å². The Bertz CT molecular complexity index is 1500. The van der Waals surface area contributed by atoms with Crippen molar-refractivity contribution in [3.8, 4) is 0 Å². The largest absolute Gasteiger partial charge is 0.449 e. The third-order valence-electron chi connectivity index (χ3n) is 6.56. The summed E-state index contributed by atoms with van der Waals surface area (Å²) in [5.74, 6) is -0.919. The number of carbonyl (C=O) groups excluding carboxylic acids is 3. The summed E-state index contributed by atoms with van der Waals surface area (Å²) in [6, 6.07) is 15.8. The Morgan fingerprint density at radius 2 is 1.90 bits per heavy atom. The van der Waals surface area contributed by atoms with Crippen molar-refractivity contribution < 1.29 is 27.5 Å². The molecule has 1 atom stereocenters. The predicted octanol–water partition coefficient (Wildman–Crippen LogP) is 3.23. The highest BCUT2D eigenvalue weighted by Gasteiger charge is 2.26. The molecule has 0 aliphatic carbocycles. The van der Waals surface area contributed by atoms with Crippen LogP contribution in [0.1, 0.15) is 45.6 Å². The molecule has 0 fully saturated rings. The fourth-order valence-electron chi connectivity index (χ4n) is 4.54. The molecule has 204 valence electrons. The van der Waals surface area contributed by atoms with Crippen LogP contribution in [0.4, 0.5) is 16.2 Å². The molecule has 4 bridgehead atoms. The van der Waals surface area contributed by atoms with Gasteiger partial charge in [0.2, 0.25) is 11.8 Å². The van der Waals surface area contributed by atoms with Gasteiger partial charge in [-0.05, 0) is 65.1 Å². The van der Waals surface area contributed by atoms with Gasteiger partial charge in [0.25, 0.3) is 0 Å². The van der Waals surface area contributed by atoms with Crippen molar-refractivity contribution >= 4 is 40.0 Å². The van der Waals surface area contributed by atoms with Gasteiger partial charge < -0.3 is 20.7 Å². The Balaban J connectivity index is 1.80. The Kier molecular flexibility index (Phi) is 8.50. The van der Waals surface area contributed by atoms with Crippen LogP contribution in [0, 0.1) is 0 Å². The van der Waals surface area contributed by atoms with Crippen LogP contribution in [0.5, 0.6) is 0 Å². The van der Waals surface area contributed by atoms with Gasteiger partial charge in [-0.1, -0.05) is 31.2 Å². The molecule has 0 unspecified atom stereocenters. The van der Waals surface area contributed by atoms with E-state index in [0.29, 0.717) is 40.9 Å². The van der Waals surface area contributed by atoms with Crippen LogP contribution in [-0.4, -0.2) is 44.9 Å². The number of amides is 3. The molecule has 39 heavy (non-hydrogen) atoms. The van der Waals surface area contributed by atoms with E-state index in [1.54, 1.807) is 31.3 Å². The fraction of sp³-hybridized carbons (Fsp3) is 0.250. The topological polar surface area (TPSA) is 148 Å². The maximum Gasteiger partial charge on any atom is 0.411 e. The van der Waals surface area contributed by atoms with Crippen molar-refractivity contribution in [2.75, 3.05) is 24.3 Å². The number of nitrogens with one attached hydrogen (secondary N) is 2. The number of hydrogen-bond donors (Lipinski definition) is 4. The van der Waals surface area contributed by atoms with E-state index in [2.05, 4.69) is 10.6 Å². The van der Waals surface area contributed by atoms with Gasteiger partial charge >= 0.3 is 6.09 Å². The lowest BCUT2D eigenvalue weighted by Gasteiger charge is -2.27. The number of aryl methyl sites for hydroxylation is 1. The van der Waals surface area contributed by atoms with Gasteiger partial charge in [0.15, 0.2) is 10.7 Å². The summed E-state index contributed by atoms with van der Waals surface area (Å²) < 4.78 is 29.2. The summed E-state index contributed by atoms with van der Waals surface area (Å²) in [4.78, 5) is 39.5. The zero-order valence-electron chi connectivity index (χ0n) is 21.6. The van der Waals surface area contributed by atoms with Gasteiger partial charge in [0.1, 0.15) is 6.04 Å². The van der Waals surface area contributed by atoms with E-state index in [1.807, 2.05) is 25.1 Å². The first-order chi connectivity index (χ1) is 18.7. The molecule has 0 saturated heterocycles. The molecule has 0 radical (unpaired) electrons. The third kappa shape index (κ3) is 6.55. The van der Waals surface area contributed by atoms with Crippen molar-refractivity contribution in [3.63, 3.8) is 0 Å². The molecule has 11 heteroatoms.